The number of anilines is 3. The van der Waals surface area contributed by atoms with E-state index >= 15 is 0 Å². The molecule has 3 heterocycles. The van der Waals surface area contributed by atoms with Crippen LogP contribution in [-0.2, 0) is 9.59 Å². The molecule has 10 heteroatoms. The number of H-pyrrole nitrogens is 1. The van der Waals surface area contributed by atoms with Crippen molar-refractivity contribution in [2.24, 2.45) is 0 Å². The number of aromatic amines is 1. The van der Waals surface area contributed by atoms with Gasteiger partial charge in [-0.05, 0) is 38.3 Å². The van der Waals surface area contributed by atoms with Gasteiger partial charge in [0, 0.05) is 19.0 Å². The minimum atomic E-state index is -0.993. The maximum atomic E-state index is 12.9. The molecule has 1 aromatic carbocycles. The van der Waals surface area contributed by atoms with Crippen LogP contribution in [0, 0.1) is 0 Å². The minimum absolute atomic E-state index is 0.125. The van der Waals surface area contributed by atoms with Crippen LogP contribution in [0.4, 0.5) is 17.5 Å². The molecule has 0 saturated carbocycles. The van der Waals surface area contributed by atoms with Gasteiger partial charge in [-0.1, -0.05) is 29.3 Å². The number of carbonyl (C=O) groups excluding carboxylic acids is 2. The van der Waals surface area contributed by atoms with Gasteiger partial charge in [-0.2, -0.15) is 4.98 Å². The molecule has 2 atom stereocenters. The lowest BCUT2D eigenvalue weighted by Gasteiger charge is -2.34. The molecular formula is C20H21Cl2N5O3. The Morgan fingerprint density at radius 2 is 2.07 bits per heavy atom. The third-order valence-corrected chi connectivity index (χ3v) is 6.36. The van der Waals surface area contributed by atoms with Crippen molar-refractivity contribution in [3.63, 3.8) is 0 Å². The van der Waals surface area contributed by atoms with E-state index in [0.717, 1.165) is 25.8 Å². The number of aromatic nitrogens is 2. The summed E-state index contributed by atoms with van der Waals surface area (Å²) in [6, 6.07) is 5.06. The second-order valence-corrected chi connectivity index (χ2v) is 8.37. The summed E-state index contributed by atoms with van der Waals surface area (Å²) >= 11 is 12.1. The zero-order valence-corrected chi connectivity index (χ0v) is 17.8. The van der Waals surface area contributed by atoms with Gasteiger partial charge in [0.1, 0.15) is 5.82 Å². The van der Waals surface area contributed by atoms with Gasteiger partial charge < -0.3 is 15.5 Å². The first kappa shape index (κ1) is 20.7. The Balaban J connectivity index is 1.68. The van der Waals surface area contributed by atoms with Crippen LogP contribution < -0.4 is 21.1 Å². The zero-order valence-electron chi connectivity index (χ0n) is 16.3. The van der Waals surface area contributed by atoms with E-state index in [2.05, 4.69) is 27.5 Å². The molecule has 0 aliphatic carbocycles. The first-order valence-electron chi connectivity index (χ1n) is 9.80. The minimum Gasteiger partial charge on any atom is -0.340 e. The second-order valence-electron chi connectivity index (χ2n) is 7.59. The highest BCUT2D eigenvalue weighted by molar-refractivity contribution is 6.44. The Hall–Kier alpha value is -2.58. The molecule has 2 aromatic rings. The smallest absolute Gasteiger partial charge is 0.258 e. The van der Waals surface area contributed by atoms with E-state index in [1.165, 1.54) is 0 Å². The quantitative estimate of drug-likeness (QED) is 0.664. The Morgan fingerprint density at radius 3 is 2.83 bits per heavy atom. The molecule has 0 unspecified atom stereocenters. The fraction of sp³-hybridized carbons (Fsp3) is 0.400. The molecule has 0 radical (unpaired) electrons. The fourth-order valence-electron chi connectivity index (χ4n) is 3.95. The van der Waals surface area contributed by atoms with E-state index in [0.29, 0.717) is 11.6 Å². The molecule has 1 saturated heterocycles. The largest absolute Gasteiger partial charge is 0.340 e. The number of hydrogen-bond acceptors (Lipinski definition) is 5. The highest BCUT2D eigenvalue weighted by atomic mass is 35.5. The maximum absolute atomic E-state index is 12.9. The molecule has 30 heavy (non-hydrogen) atoms. The van der Waals surface area contributed by atoms with Crippen LogP contribution in [-0.4, -0.2) is 34.4 Å². The highest BCUT2D eigenvalue weighted by Gasteiger charge is 2.35. The number of nitrogens with zero attached hydrogens (tertiary/aromatic N) is 2. The van der Waals surface area contributed by atoms with Crippen molar-refractivity contribution in [1.29, 1.82) is 0 Å². The molecule has 0 bridgehead atoms. The third-order valence-electron chi connectivity index (χ3n) is 5.54. The van der Waals surface area contributed by atoms with Crippen LogP contribution in [0.25, 0.3) is 0 Å². The van der Waals surface area contributed by atoms with Crippen LogP contribution in [0.2, 0.25) is 10.0 Å². The molecule has 4 rings (SSSR count). The molecule has 2 aliphatic rings. The summed E-state index contributed by atoms with van der Waals surface area (Å²) in [5, 5.41) is 5.79. The van der Waals surface area contributed by atoms with E-state index in [-0.39, 0.29) is 39.8 Å². The third kappa shape index (κ3) is 3.89. The van der Waals surface area contributed by atoms with E-state index < -0.39 is 17.4 Å². The van der Waals surface area contributed by atoms with Crippen molar-refractivity contribution >= 4 is 52.5 Å². The van der Waals surface area contributed by atoms with Crippen LogP contribution >= 0.6 is 23.2 Å². The Labute approximate surface area is 183 Å². The number of fused-ring (bicyclic) bond motifs is 1. The van der Waals surface area contributed by atoms with Gasteiger partial charge in [-0.15, -0.1) is 0 Å². The zero-order chi connectivity index (χ0) is 21.4. The van der Waals surface area contributed by atoms with Gasteiger partial charge in [-0.3, -0.25) is 19.4 Å². The fourth-order valence-corrected chi connectivity index (χ4v) is 4.30. The number of carbonyl (C=O) groups is 2. The SMILES string of the molecule is C[C@H]1CCCCN1c1nc2c(c(=O)[nH]1)[C@H](C(=O)Nc1cccc(Cl)c1Cl)CC(=O)N2. The highest BCUT2D eigenvalue weighted by Crippen LogP contribution is 2.34. The van der Waals surface area contributed by atoms with Gasteiger partial charge >= 0.3 is 0 Å². The van der Waals surface area contributed by atoms with E-state index in [4.69, 9.17) is 23.2 Å². The molecule has 1 aromatic heterocycles. The predicted molar refractivity (Wildman–Crippen MR) is 117 cm³/mol. The summed E-state index contributed by atoms with van der Waals surface area (Å²) in [7, 11) is 0. The molecule has 3 N–H and O–H groups in total. The Morgan fingerprint density at radius 1 is 1.27 bits per heavy atom. The van der Waals surface area contributed by atoms with Gasteiger partial charge in [0.15, 0.2) is 0 Å². The average molecular weight is 450 g/mol. The van der Waals surface area contributed by atoms with Crippen molar-refractivity contribution in [3.8, 4) is 0 Å². The summed E-state index contributed by atoms with van der Waals surface area (Å²) in [4.78, 5) is 47.5. The summed E-state index contributed by atoms with van der Waals surface area (Å²) in [5.41, 5.74) is 0.00799. The van der Waals surface area contributed by atoms with Crippen molar-refractivity contribution in [2.45, 2.75) is 44.6 Å². The lowest BCUT2D eigenvalue weighted by atomic mass is 9.92. The van der Waals surface area contributed by atoms with Crippen LogP contribution in [0.5, 0.6) is 0 Å². The van der Waals surface area contributed by atoms with Crippen molar-refractivity contribution in [2.75, 3.05) is 22.1 Å². The Bertz CT molecular complexity index is 1070. The van der Waals surface area contributed by atoms with E-state index in [9.17, 15) is 14.4 Å². The molecule has 0 spiro atoms. The number of hydrogen-bond donors (Lipinski definition) is 3. The first-order valence-corrected chi connectivity index (χ1v) is 10.6. The topological polar surface area (TPSA) is 107 Å². The molecule has 158 valence electrons. The maximum Gasteiger partial charge on any atom is 0.258 e. The number of benzene rings is 1. The van der Waals surface area contributed by atoms with Crippen molar-refractivity contribution in [3.05, 3.63) is 44.2 Å². The summed E-state index contributed by atoms with van der Waals surface area (Å²) < 4.78 is 0. The number of piperidine rings is 1. The van der Waals surface area contributed by atoms with Gasteiger partial charge in [0.25, 0.3) is 5.56 Å². The van der Waals surface area contributed by atoms with Gasteiger partial charge in [-0.25, -0.2) is 0 Å². The van der Waals surface area contributed by atoms with Crippen molar-refractivity contribution < 1.29 is 9.59 Å². The average Bonchev–Trinajstić information content (AvgIpc) is 2.70. The van der Waals surface area contributed by atoms with Gasteiger partial charge in [0.2, 0.25) is 17.8 Å². The molecule has 8 nitrogen and oxygen atoms in total. The molecule has 2 amide bonds. The number of rotatable bonds is 3. The summed E-state index contributed by atoms with van der Waals surface area (Å²) in [5.74, 6) is -1.37. The normalized spacial score (nSPS) is 21.0. The molecular weight excluding hydrogens is 429 g/mol. The predicted octanol–water partition coefficient (Wildman–Crippen LogP) is 3.52. The molecule has 1 fully saturated rings. The number of halogens is 2. The van der Waals surface area contributed by atoms with Crippen LogP contribution in [0.15, 0.2) is 23.0 Å². The summed E-state index contributed by atoms with van der Waals surface area (Å²) in [6.07, 6.45) is 2.96. The standard InChI is InChI=1S/C20H21Cl2N5O3/c1-10-5-2-3-8-27(10)20-25-17-15(19(30)26-20)11(9-14(28)24-17)18(29)23-13-7-4-6-12(21)16(13)22/h4,6-7,10-11H,2-3,5,8-9H2,1H3,(H,23,29)(H2,24,25,26,28,30)/t10-,11+/m0/s1. The lowest BCUT2D eigenvalue weighted by Crippen LogP contribution is -2.42. The first-order chi connectivity index (χ1) is 14.3. The Kier molecular flexibility index (Phi) is 5.71. The van der Waals surface area contributed by atoms with Crippen LogP contribution in [0.1, 0.15) is 44.1 Å². The lowest BCUT2D eigenvalue weighted by molar-refractivity contribution is -0.123. The van der Waals surface area contributed by atoms with E-state index in [1.54, 1.807) is 18.2 Å². The van der Waals surface area contributed by atoms with Gasteiger partial charge in [0.05, 0.1) is 27.2 Å². The van der Waals surface area contributed by atoms with Crippen molar-refractivity contribution in [1.82, 2.24) is 9.97 Å². The second kappa shape index (κ2) is 8.28. The number of nitrogens with one attached hydrogen (secondary N) is 3. The van der Waals surface area contributed by atoms with Crippen LogP contribution in [0.3, 0.4) is 0 Å². The summed E-state index contributed by atoms with van der Waals surface area (Å²) in [6.45, 7) is 2.84. The number of amides is 2. The molecule has 2 aliphatic heterocycles. The monoisotopic (exact) mass is 449 g/mol. The van der Waals surface area contributed by atoms with E-state index in [1.807, 2.05) is 4.90 Å².